The summed E-state index contributed by atoms with van der Waals surface area (Å²) in [5.74, 6) is 0. The van der Waals surface area contributed by atoms with Gasteiger partial charge in [0, 0.05) is 64.0 Å². The van der Waals surface area contributed by atoms with E-state index in [2.05, 4.69) is 229 Å². The fourth-order valence-electron chi connectivity index (χ4n) is 10.4. The molecule has 0 radical (unpaired) electrons. The first kappa shape index (κ1) is 38.6. The van der Waals surface area contributed by atoms with Crippen LogP contribution in [0.15, 0.2) is 245 Å². The van der Waals surface area contributed by atoms with Crippen LogP contribution in [0.25, 0.3) is 119 Å². The molecular formula is C64H39NO2S. The Hall–Kier alpha value is -8.70. The molecular weight excluding hydrogens is 847 g/mol. The molecule has 0 atom stereocenters. The highest BCUT2D eigenvalue weighted by Gasteiger charge is 2.23. The molecule has 3 nitrogen and oxygen atoms in total. The number of rotatable bonds is 7. The third kappa shape index (κ3) is 6.19. The van der Waals surface area contributed by atoms with Gasteiger partial charge in [-0.15, -0.1) is 11.3 Å². The van der Waals surface area contributed by atoms with Crippen molar-refractivity contribution in [2.45, 2.75) is 0 Å². The van der Waals surface area contributed by atoms with Gasteiger partial charge in [0.15, 0.2) is 5.58 Å². The van der Waals surface area contributed by atoms with Crippen LogP contribution in [0.3, 0.4) is 0 Å². The van der Waals surface area contributed by atoms with Crippen molar-refractivity contribution in [2.75, 3.05) is 4.90 Å². The second-order valence-corrected chi connectivity index (χ2v) is 18.6. The lowest BCUT2D eigenvalue weighted by molar-refractivity contribution is 0.670. The van der Waals surface area contributed by atoms with Crippen molar-refractivity contribution in [3.63, 3.8) is 0 Å². The average molecular weight is 886 g/mol. The zero-order valence-electron chi connectivity index (χ0n) is 36.7. The van der Waals surface area contributed by atoms with Crippen molar-refractivity contribution < 1.29 is 8.83 Å². The first-order valence-corrected chi connectivity index (χ1v) is 23.9. The van der Waals surface area contributed by atoms with Gasteiger partial charge in [0.05, 0.1) is 5.69 Å². The first-order chi connectivity index (χ1) is 33.7. The molecule has 11 aromatic carbocycles. The molecule has 14 rings (SSSR count). The van der Waals surface area contributed by atoms with Crippen LogP contribution >= 0.6 is 11.3 Å². The molecule has 0 spiro atoms. The number of hydrogen-bond acceptors (Lipinski definition) is 4. The van der Waals surface area contributed by atoms with E-state index in [1.807, 2.05) is 23.5 Å². The molecule has 68 heavy (non-hydrogen) atoms. The SMILES string of the molecule is c1ccc(-c2ccc(N(c3ccc(-c4cccc5c4oc4ccccc45)cc3)c3cc(-c4ccc(-c5cccc6c5sc5ccccc56)cc4)cc4c3oc3c5ccccc5ccc43)cc2)cc1. The minimum atomic E-state index is 0.830. The standard InChI is InChI=1S/C64H39NO2S/c1-2-12-40(13-3-1)41-28-33-47(34-29-41)65(48-35-30-44(31-36-48)50-18-10-20-54-52-16-6-8-22-59(52)66-61(50)54)58-39-46(38-57-55-37-32-43-14-4-5-15-49(43)62(55)67-63(57)58)42-24-26-45(27-25-42)51-19-11-21-56-53-17-7-9-23-60(53)68-64(51)56/h1-39H. The lowest BCUT2D eigenvalue weighted by Crippen LogP contribution is -2.10. The summed E-state index contributed by atoms with van der Waals surface area (Å²) < 4.78 is 16.3. The lowest BCUT2D eigenvalue weighted by atomic mass is 9.96. The van der Waals surface area contributed by atoms with E-state index in [1.165, 1.54) is 36.9 Å². The van der Waals surface area contributed by atoms with Crippen LogP contribution in [0.5, 0.6) is 0 Å². The van der Waals surface area contributed by atoms with Crippen molar-refractivity contribution in [3.05, 3.63) is 237 Å². The normalized spacial score (nSPS) is 11.8. The maximum Gasteiger partial charge on any atom is 0.159 e. The molecule has 14 aromatic rings. The van der Waals surface area contributed by atoms with Gasteiger partial charge in [0.2, 0.25) is 0 Å². The van der Waals surface area contributed by atoms with E-state index >= 15 is 0 Å². The molecule has 3 aromatic heterocycles. The molecule has 0 saturated heterocycles. The highest BCUT2D eigenvalue weighted by Crippen LogP contribution is 2.47. The molecule has 0 saturated carbocycles. The Morgan fingerprint density at radius 3 is 1.69 bits per heavy atom. The van der Waals surface area contributed by atoms with E-state index in [0.717, 1.165) is 99.5 Å². The number of fused-ring (bicyclic) bond motifs is 11. The smallest absolute Gasteiger partial charge is 0.159 e. The fraction of sp³-hybridized carbons (Fsp3) is 0. The van der Waals surface area contributed by atoms with Gasteiger partial charge in [-0.05, 0) is 98.9 Å². The van der Waals surface area contributed by atoms with Crippen molar-refractivity contribution >= 4 is 103 Å². The Morgan fingerprint density at radius 1 is 0.309 bits per heavy atom. The molecule has 3 heterocycles. The van der Waals surface area contributed by atoms with Gasteiger partial charge in [-0.1, -0.05) is 182 Å². The molecule has 0 N–H and O–H groups in total. The van der Waals surface area contributed by atoms with Crippen LogP contribution in [-0.2, 0) is 0 Å². The van der Waals surface area contributed by atoms with Crippen molar-refractivity contribution in [3.8, 4) is 44.5 Å². The maximum atomic E-state index is 7.16. The summed E-state index contributed by atoms with van der Waals surface area (Å²) >= 11 is 1.87. The van der Waals surface area contributed by atoms with Gasteiger partial charge in [0.25, 0.3) is 0 Å². The van der Waals surface area contributed by atoms with E-state index in [4.69, 9.17) is 8.83 Å². The maximum absolute atomic E-state index is 7.16. The van der Waals surface area contributed by atoms with E-state index in [-0.39, 0.29) is 0 Å². The van der Waals surface area contributed by atoms with Gasteiger partial charge >= 0.3 is 0 Å². The number of para-hydroxylation sites is 2. The zero-order chi connectivity index (χ0) is 44.7. The lowest BCUT2D eigenvalue weighted by Gasteiger charge is -2.26. The molecule has 0 amide bonds. The number of anilines is 3. The Bertz CT molecular complexity index is 4240. The van der Waals surface area contributed by atoms with Gasteiger partial charge in [0.1, 0.15) is 16.7 Å². The van der Waals surface area contributed by atoms with Crippen LogP contribution in [-0.4, -0.2) is 0 Å². The fourth-order valence-corrected chi connectivity index (χ4v) is 11.6. The van der Waals surface area contributed by atoms with Gasteiger partial charge in [-0.2, -0.15) is 0 Å². The topological polar surface area (TPSA) is 29.5 Å². The van der Waals surface area contributed by atoms with Crippen LogP contribution in [0, 0.1) is 0 Å². The third-order valence-corrected chi connectivity index (χ3v) is 14.9. The Morgan fingerprint density at radius 2 is 0.882 bits per heavy atom. The summed E-state index contributed by atoms with van der Waals surface area (Å²) in [5, 5.41) is 9.24. The van der Waals surface area contributed by atoms with Crippen LogP contribution < -0.4 is 4.90 Å². The quantitative estimate of drug-likeness (QED) is 0.160. The van der Waals surface area contributed by atoms with Crippen molar-refractivity contribution in [1.29, 1.82) is 0 Å². The second kappa shape index (κ2) is 15.5. The largest absolute Gasteiger partial charge is 0.455 e. The van der Waals surface area contributed by atoms with E-state index < -0.39 is 0 Å². The van der Waals surface area contributed by atoms with Crippen LogP contribution in [0.2, 0.25) is 0 Å². The van der Waals surface area contributed by atoms with Crippen molar-refractivity contribution in [1.82, 2.24) is 0 Å². The van der Waals surface area contributed by atoms with Gasteiger partial charge in [-0.25, -0.2) is 0 Å². The monoisotopic (exact) mass is 885 g/mol. The van der Waals surface area contributed by atoms with E-state index in [1.54, 1.807) is 0 Å². The molecule has 0 aliphatic rings. The summed E-state index contributed by atoms with van der Waals surface area (Å²) in [6, 6.07) is 85.1. The van der Waals surface area contributed by atoms with Gasteiger partial charge in [-0.3, -0.25) is 0 Å². The Labute approximate surface area is 396 Å². The summed E-state index contributed by atoms with van der Waals surface area (Å²) in [6.45, 7) is 0. The zero-order valence-corrected chi connectivity index (χ0v) is 37.5. The average Bonchev–Trinajstić information content (AvgIpc) is 4.11. The molecule has 0 aliphatic carbocycles. The van der Waals surface area contributed by atoms with Gasteiger partial charge < -0.3 is 13.7 Å². The van der Waals surface area contributed by atoms with Crippen molar-refractivity contribution in [2.24, 2.45) is 0 Å². The van der Waals surface area contributed by atoms with E-state index in [9.17, 15) is 0 Å². The number of furan rings is 2. The van der Waals surface area contributed by atoms with E-state index in [0.29, 0.717) is 0 Å². The number of hydrogen-bond donors (Lipinski definition) is 0. The molecule has 0 fully saturated rings. The summed E-state index contributed by atoms with van der Waals surface area (Å²) in [7, 11) is 0. The molecule has 0 aliphatic heterocycles. The minimum Gasteiger partial charge on any atom is -0.455 e. The number of benzene rings is 11. The molecule has 0 bridgehead atoms. The Kier molecular flexibility index (Phi) is 8.76. The molecule has 0 unspecified atom stereocenters. The predicted molar refractivity (Wildman–Crippen MR) is 288 cm³/mol. The number of nitrogens with zero attached hydrogens (tertiary/aromatic N) is 1. The second-order valence-electron chi connectivity index (χ2n) is 17.6. The number of thiophene rings is 1. The van der Waals surface area contributed by atoms with Crippen LogP contribution in [0.1, 0.15) is 0 Å². The Balaban J connectivity index is 0.961. The summed E-state index contributed by atoms with van der Waals surface area (Å²) in [5.41, 5.74) is 15.6. The third-order valence-electron chi connectivity index (χ3n) is 13.7. The summed E-state index contributed by atoms with van der Waals surface area (Å²) in [4.78, 5) is 2.35. The molecule has 4 heteroatoms. The minimum absolute atomic E-state index is 0.830. The highest BCUT2D eigenvalue weighted by atomic mass is 32.1. The van der Waals surface area contributed by atoms with Crippen LogP contribution in [0.4, 0.5) is 17.1 Å². The summed E-state index contributed by atoms with van der Waals surface area (Å²) in [6.07, 6.45) is 0. The molecule has 318 valence electrons. The highest BCUT2D eigenvalue weighted by molar-refractivity contribution is 7.26. The predicted octanol–water partition coefficient (Wildman–Crippen LogP) is 19.1. The first-order valence-electron chi connectivity index (χ1n) is 23.1.